The number of carbonyl (C=O) groups is 1. The van der Waals surface area contributed by atoms with E-state index in [1.165, 1.54) is 6.26 Å². The second kappa shape index (κ2) is 7.60. The van der Waals surface area contributed by atoms with Crippen LogP contribution < -0.4 is 5.32 Å². The molecule has 1 unspecified atom stereocenters. The van der Waals surface area contributed by atoms with E-state index in [4.69, 9.17) is 0 Å². The van der Waals surface area contributed by atoms with Gasteiger partial charge in [-0.25, -0.2) is 8.42 Å². The number of rotatable bonds is 5. The zero-order chi connectivity index (χ0) is 18.7. The quantitative estimate of drug-likeness (QED) is 0.875. The monoisotopic (exact) mass is 372 g/mol. The molecule has 0 aromatic heterocycles. The summed E-state index contributed by atoms with van der Waals surface area (Å²) in [7, 11) is -1.39. The summed E-state index contributed by atoms with van der Waals surface area (Å²) < 4.78 is 24.0. The Kier molecular flexibility index (Phi) is 5.44. The molecular weight excluding hydrogens is 348 g/mol. The van der Waals surface area contributed by atoms with E-state index in [1.807, 2.05) is 30.1 Å². The Balaban J connectivity index is 1.81. The van der Waals surface area contributed by atoms with Crippen LogP contribution in [0.15, 0.2) is 53.4 Å². The van der Waals surface area contributed by atoms with Crippen molar-refractivity contribution >= 4 is 15.7 Å². The molecule has 0 radical (unpaired) electrons. The van der Waals surface area contributed by atoms with Crippen molar-refractivity contribution in [1.29, 1.82) is 0 Å². The highest BCUT2D eigenvalue weighted by atomic mass is 32.2. The van der Waals surface area contributed by atoms with Gasteiger partial charge in [-0.1, -0.05) is 30.3 Å². The maximum atomic E-state index is 12.7. The molecule has 2 aromatic carbocycles. The van der Waals surface area contributed by atoms with Crippen LogP contribution in [-0.2, 0) is 9.84 Å². The average molecular weight is 372 g/mol. The fraction of sp³-hybridized carbons (Fsp3) is 0.350. The fourth-order valence-electron chi connectivity index (χ4n) is 3.48. The topological polar surface area (TPSA) is 66.5 Å². The molecule has 138 valence electrons. The Bertz CT molecular complexity index is 892. The van der Waals surface area contributed by atoms with Gasteiger partial charge in [-0.2, -0.15) is 0 Å². The number of carbonyl (C=O) groups excluding carboxylic acids is 1. The summed E-state index contributed by atoms with van der Waals surface area (Å²) in [5, 5.41) is 3.16. The highest BCUT2D eigenvalue weighted by molar-refractivity contribution is 7.90. The van der Waals surface area contributed by atoms with Gasteiger partial charge in [-0.05, 0) is 49.7 Å². The van der Waals surface area contributed by atoms with Gasteiger partial charge in [0.15, 0.2) is 9.84 Å². The third-order valence-electron chi connectivity index (χ3n) is 4.80. The zero-order valence-electron chi connectivity index (χ0n) is 15.1. The lowest BCUT2D eigenvalue weighted by molar-refractivity contribution is 0.0787. The summed E-state index contributed by atoms with van der Waals surface area (Å²) in [4.78, 5) is 14.9. The van der Waals surface area contributed by atoms with E-state index in [9.17, 15) is 13.2 Å². The maximum absolute atomic E-state index is 12.7. The lowest BCUT2D eigenvalue weighted by Gasteiger charge is -2.17. The van der Waals surface area contributed by atoms with E-state index in [0.717, 1.165) is 31.6 Å². The summed E-state index contributed by atoms with van der Waals surface area (Å²) >= 11 is 0. The van der Waals surface area contributed by atoms with Crippen LogP contribution in [0.3, 0.4) is 0 Å². The minimum atomic E-state index is -3.31. The fourth-order valence-corrected chi connectivity index (χ4v) is 4.39. The molecule has 1 saturated heterocycles. The Labute approximate surface area is 154 Å². The maximum Gasteiger partial charge on any atom is 0.253 e. The average Bonchev–Trinajstić information content (AvgIpc) is 3.09. The second-order valence-corrected chi connectivity index (χ2v) is 8.79. The molecule has 1 aliphatic rings. The van der Waals surface area contributed by atoms with Crippen molar-refractivity contribution in [2.75, 3.05) is 32.9 Å². The molecule has 2 aromatic rings. The number of nitrogens with one attached hydrogen (secondary N) is 1. The molecule has 1 fully saturated rings. The summed E-state index contributed by atoms with van der Waals surface area (Å²) in [6.07, 6.45) is 2.23. The van der Waals surface area contributed by atoms with Crippen molar-refractivity contribution in [2.24, 2.45) is 5.92 Å². The molecule has 1 N–H and O–H groups in total. The van der Waals surface area contributed by atoms with Gasteiger partial charge in [0.25, 0.3) is 5.91 Å². The molecule has 1 amide bonds. The summed E-state index contributed by atoms with van der Waals surface area (Å²) in [5.74, 6) is 0.538. The highest BCUT2D eigenvalue weighted by Gasteiger charge is 2.26. The first kappa shape index (κ1) is 18.6. The Morgan fingerprint density at radius 2 is 1.85 bits per heavy atom. The predicted octanol–water partition coefficient (Wildman–Crippen LogP) is 2.44. The van der Waals surface area contributed by atoms with Gasteiger partial charge < -0.3 is 10.2 Å². The first-order valence-electron chi connectivity index (χ1n) is 8.73. The van der Waals surface area contributed by atoms with Gasteiger partial charge >= 0.3 is 0 Å². The highest BCUT2D eigenvalue weighted by Crippen LogP contribution is 2.28. The van der Waals surface area contributed by atoms with Crippen molar-refractivity contribution in [2.45, 2.75) is 11.3 Å². The largest absolute Gasteiger partial charge is 0.338 e. The van der Waals surface area contributed by atoms with Gasteiger partial charge in [0.2, 0.25) is 0 Å². The Morgan fingerprint density at radius 3 is 2.50 bits per heavy atom. The van der Waals surface area contributed by atoms with Crippen molar-refractivity contribution in [3.05, 3.63) is 54.1 Å². The van der Waals surface area contributed by atoms with Crippen LogP contribution in [0.5, 0.6) is 0 Å². The van der Waals surface area contributed by atoms with Gasteiger partial charge in [-0.3, -0.25) is 4.79 Å². The number of nitrogens with zero attached hydrogens (tertiary/aromatic N) is 1. The van der Waals surface area contributed by atoms with Crippen LogP contribution in [0, 0.1) is 5.92 Å². The second-order valence-electron chi connectivity index (χ2n) is 6.81. The molecule has 1 aliphatic heterocycles. The van der Waals surface area contributed by atoms with E-state index < -0.39 is 9.84 Å². The van der Waals surface area contributed by atoms with Gasteiger partial charge in [0, 0.05) is 30.5 Å². The molecule has 0 saturated carbocycles. The molecule has 0 aliphatic carbocycles. The summed E-state index contributed by atoms with van der Waals surface area (Å²) in [5.41, 5.74) is 2.08. The van der Waals surface area contributed by atoms with Gasteiger partial charge in [0.05, 0.1) is 4.90 Å². The Morgan fingerprint density at radius 1 is 1.15 bits per heavy atom. The van der Waals surface area contributed by atoms with Crippen LogP contribution in [0.2, 0.25) is 0 Å². The molecule has 1 heterocycles. The molecule has 6 heteroatoms. The van der Waals surface area contributed by atoms with E-state index >= 15 is 0 Å². The molecule has 0 spiro atoms. The minimum absolute atomic E-state index is 0.0338. The van der Waals surface area contributed by atoms with Crippen molar-refractivity contribution in [3.8, 4) is 11.1 Å². The van der Waals surface area contributed by atoms with Crippen molar-refractivity contribution in [3.63, 3.8) is 0 Å². The standard InChI is InChI=1S/C20H24N2O3S/c1-21-13-15-11-12-22(14-15)20(23)17-9-7-16(8-10-17)18-5-3-4-6-19(18)26(2,24)25/h3-10,15,21H,11-14H2,1-2H3. The SMILES string of the molecule is CNCC1CCN(C(=O)c2ccc(-c3ccccc3S(C)(=O)=O)cc2)C1. The number of likely N-dealkylation sites (tertiary alicyclic amines) is 1. The number of amides is 1. The van der Waals surface area contributed by atoms with E-state index in [1.54, 1.807) is 30.3 Å². The molecule has 3 rings (SSSR count). The number of hydrogen-bond acceptors (Lipinski definition) is 4. The van der Waals surface area contributed by atoms with Crippen LogP contribution >= 0.6 is 0 Å². The zero-order valence-corrected chi connectivity index (χ0v) is 15.9. The molecule has 1 atom stereocenters. The van der Waals surface area contributed by atoms with Crippen molar-refractivity contribution < 1.29 is 13.2 Å². The van der Waals surface area contributed by atoms with Crippen LogP contribution in [-0.4, -0.2) is 52.2 Å². The number of hydrogen-bond donors (Lipinski definition) is 1. The first-order chi connectivity index (χ1) is 12.4. The number of benzene rings is 2. The van der Waals surface area contributed by atoms with Crippen LogP contribution in [0.1, 0.15) is 16.8 Å². The molecular formula is C20H24N2O3S. The Hall–Kier alpha value is -2.18. The van der Waals surface area contributed by atoms with Gasteiger partial charge in [0.1, 0.15) is 0 Å². The lowest BCUT2D eigenvalue weighted by Crippen LogP contribution is -2.30. The normalized spacial score (nSPS) is 17.5. The molecule has 0 bridgehead atoms. The third-order valence-corrected chi connectivity index (χ3v) is 5.95. The predicted molar refractivity (Wildman–Crippen MR) is 103 cm³/mol. The van der Waals surface area contributed by atoms with E-state index in [2.05, 4.69) is 5.32 Å². The third kappa shape index (κ3) is 3.97. The van der Waals surface area contributed by atoms with Crippen LogP contribution in [0.4, 0.5) is 0 Å². The minimum Gasteiger partial charge on any atom is -0.338 e. The van der Waals surface area contributed by atoms with Crippen molar-refractivity contribution in [1.82, 2.24) is 10.2 Å². The van der Waals surface area contributed by atoms with E-state index in [-0.39, 0.29) is 5.91 Å². The summed E-state index contributed by atoms with van der Waals surface area (Å²) in [6, 6.07) is 14.1. The lowest BCUT2D eigenvalue weighted by atomic mass is 10.0. The number of sulfone groups is 1. The molecule has 26 heavy (non-hydrogen) atoms. The smallest absolute Gasteiger partial charge is 0.253 e. The molecule has 5 nitrogen and oxygen atoms in total. The van der Waals surface area contributed by atoms with Crippen LogP contribution in [0.25, 0.3) is 11.1 Å². The van der Waals surface area contributed by atoms with E-state index in [0.29, 0.717) is 21.9 Å². The first-order valence-corrected chi connectivity index (χ1v) is 10.6. The summed E-state index contributed by atoms with van der Waals surface area (Å²) in [6.45, 7) is 2.48. The van der Waals surface area contributed by atoms with Gasteiger partial charge in [-0.15, -0.1) is 0 Å².